The van der Waals surface area contributed by atoms with Crippen LogP contribution in [-0.2, 0) is 14.8 Å². The van der Waals surface area contributed by atoms with E-state index in [1.54, 1.807) is 13.0 Å². The van der Waals surface area contributed by atoms with Crippen molar-refractivity contribution >= 4 is 39.2 Å². The molecule has 0 aliphatic rings. The van der Waals surface area contributed by atoms with Crippen LogP contribution >= 0.6 is 11.8 Å². The lowest BCUT2D eigenvalue weighted by Gasteiger charge is -2.09. The van der Waals surface area contributed by atoms with Crippen LogP contribution in [0.3, 0.4) is 0 Å². The Labute approximate surface area is 141 Å². The normalized spacial score (nSPS) is 11.2. The predicted octanol–water partition coefficient (Wildman–Crippen LogP) is 0.0387. The number of nitrogens with two attached hydrogens (primary N) is 2. The van der Waals surface area contributed by atoms with Crippen molar-refractivity contribution in [3.05, 3.63) is 40.2 Å². The van der Waals surface area contributed by atoms with Crippen molar-refractivity contribution in [2.75, 3.05) is 16.8 Å². The third-order valence-electron chi connectivity index (χ3n) is 2.89. The average molecular weight is 369 g/mol. The molecule has 0 saturated heterocycles. The second kappa shape index (κ2) is 7.03. The summed E-state index contributed by atoms with van der Waals surface area (Å²) in [5, 5.41) is 7.88. The summed E-state index contributed by atoms with van der Waals surface area (Å²) in [6, 6.07) is 5.32. The molecule has 0 saturated carbocycles. The molecule has 0 spiro atoms. The van der Waals surface area contributed by atoms with Gasteiger partial charge in [0.05, 0.1) is 10.6 Å². The summed E-state index contributed by atoms with van der Waals surface area (Å²) in [6.45, 7) is 1.71. The summed E-state index contributed by atoms with van der Waals surface area (Å²) >= 11 is 0.990. The molecule has 1 heterocycles. The van der Waals surface area contributed by atoms with Crippen molar-refractivity contribution in [1.82, 2.24) is 9.97 Å². The lowest BCUT2D eigenvalue weighted by Crippen LogP contribution is -2.17. The highest BCUT2D eigenvalue weighted by atomic mass is 32.2. The largest absolute Gasteiger partial charge is 0.383 e. The number of hydrogen-bond acceptors (Lipinski definition) is 7. The minimum atomic E-state index is -3.86. The minimum absolute atomic E-state index is 0.0502. The molecule has 128 valence electrons. The second-order valence-electron chi connectivity index (χ2n) is 4.83. The zero-order valence-electron chi connectivity index (χ0n) is 12.6. The molecule has 1 aromatic heterocycles. The van der Waals surface area contributed by atoms with Gasteiger partial charge in [-0.1, -0.05) is 17.8 Å². The summed E-state index contributed by atoms with van der Waals surface area (Å²) in [6.07, 6.45) is 0. The van der Waals surface area contributed by atoms with Gasteiger partial charge in [-0.25, -0.2) is 18.5 Å². The van der Waals surface area contributed by atoms with Gasteiger partial charge >= 0.3 is 0 Å². The van der Waals surface area contributed by atoms with E-state index in [1.165, 1.54) is 12.1 Å². The number of carbonyl (C=O) groups excluding carboxylic acids is 1. The minimum Gasteiger partial charge on any atom is -0.383 e. The van der Waals surface area contributed by atoms with Gasteiger partial charge in [0.15, 0.2) is 5.16 Å². The Hall–Kier alpha value is -2.37. The van der Waals surface area contributed by atoms with Crippen molar-refractivity contribution < 1.29 is 13.2 Å². The quantitative estimate of drug-likeness (QED) is 0.427. The maximum Gasteiger partial charge on any atom is 0.253 e. The summed E-state index contributed by atoms with van der Waals surface area (Å²) in [5.41, 5.74) is 6.05. The molecule has 2 aromatic rings. The smallest absolute Gasteiger partial charge is 0.253 e. The number of thioether (sulfide) groups is 1. The number of aromatic nitrogens is 2. The van der Waals surface area contributed by atoms with E-state index in [2.05, 4.69) is 15.3 Å². The van der Waals surface area contributed by atoms with Gasteiger partial charge in [-0.2, -0.15) is 0 Å². The number of H-pyrrole nitrogens is 1. The predicted molar refractivity (Wildman–Crippen MR) is 91.2 cm³/mol. The number of benzene rings is 1. The highest BCUT2D eigenvalue weighted by Gasteiger charge is 2.12. The fourth-order valence-electron chi connectivity index (χ4n) is 1.75. The topological polar surface area (TPSA) is 161 Å². The SMILES string of the molecule is Cc1ccc(S(N)(=O)=O)cc1NC(=O)CSc1nc(N)cc(=O)[nH]1. The third-order valence-corrected chi connectivity index (χ3v) is 4.68. The van der Waals surface area contributed by atoms with Crippen LogP contribution in [0.1, 0.15) is 5.56 Å². The van der Waals surface area contributed by atoms with Crippen LogP contribution in [0, 0.1) is 6.92 Å². The zero-order chi connectivity index (χ0) is 17.9. The number of aromatic amines is 1. The van der Waals surface area contributed by atoms with E-state index < -0.39 is 21.5 Å². The van der Waals surface area contributed by atoms with Crippen LogP contribution in [-0.4, -0.2) is 30.0 Å². The molecule has 0 atom stereocenters. The first kappa shape index (κ1) is 18.0. The maximum atomic E-state index is 12.0. The van der Waals surface area contributed by atoms with Gasteiger partial charge < -0.3 is 16.0 Å². The molecular weight excluding hydrogens is 354 g/mol. The zero-order valence-corrected chi connectivity index (χ0v) is 14.2. The summed E-state index contributed by atoms with van der Waals surface area (Å²) in [7, 11) is -3.86. The van der Waals surface area contributed by atoms with E-state index >= 15 is 0 Å². The van der Waals surface area contributed by atoms with Crippen molar-refractivity contribution in [2.45, 2.75) is 17.0 Å². The molecule has 0 unspecified atom stereocenters. The van der Waals surface area contributed by atoms with Crippen LogP contribution in [0.2, 0.25) is 0 Å². The maximum absolute atomic E-state index is 12.0. The number of carbonyl (C=O) groups is 1. The Balaban J connectivity index is 2.08. The molecule has 9 nitrogen and oxygen atoms in total. The number of primary sulfonamides is 1. The lowest BCUT2D eigenvalue weighted by molar-refractivity contribution is -0.113. The Bertz CT molecular complexity index is 940. The molecular formula is C13H15N5O4S2. The standard InChI is InChI=1S/C13H15N5O4S2/c1-7-2-3-8(24(15,21)22)4-9(7)16-12(20)6-23-13-17-10(14)5-11(19)18-13/h2-5H,6H2,1H3,(H,16,20)(H2,15,21,22)(H3,14,17,18,19). The fourth-order valence-corrected chi connectivity index (χ4v) is 2.98. The molecule has 0 aliphatic heterocycles. The highest BCUT2D eigenvalue weighted by molar-refractivity contribution is 7.99. The molecule has 11 heteroatoms. The lowest BCUT2D eigenvalue weighted by atomic mass is 10.2. The van der Waals surface area contributed by atoms with E-state index in [9.17, 15) is 18.0 Å². The number of nitrogens with zero attached hydrogens (tertiary/aromatic N) is 1. The van der Waals surface area contributed by atoms with Crippen LogP contribution in [0.4, 0.5) is 11.5 Å². The first-order valence-corrected chi connectivity index (χ1v) is 9.11. The van der Waals surface area contributed by atoms with E-state index in [1.807, 2.05) is 0 Å². The first-order chi connectivity index (χ1) is 11.1. The van der Waals surface area contributed by atoms with Crippen LogP contribution in [0.15, 0.2) is 39.1 Å². The Morgan fingerprint density at radius 3 is 2.71 bits per heavy atom. The molecule has 0 fully saturated rings. The third kappa shape index (κ3) is 4.81. The molecule has 24 heavy (non-hydrogen) atoms. The second-order valence-corrected chi connectivity index (χ2v) is 7.36. The van der Waals surface area contributed by atoms with E-state index in [4.69, 9.17) is 10.9 Å². The molecule has 6 N–H and O–H groups in total. The molecule has 0 aliphatic carbocycles. The van der Waals surface area contributed by atoms with Crippen LogP contribution in [0.25, 0.3) is 0 Å². The number of nitrogens with one attached hydrogen (secondary N) is 2. The van der Waals surface area contributed by atoms with E-state index in [0.29, 0.717) is 11.3 Å². The van der Waals surface area contributed by atoms with Gasteiger partial charge in [0.25, 0.3) is 5.56 Å². The van der Waals surface area contributed by atoms with Crippen molar-refractivity contribution in [2.24, 2.45) is 5.14 Å². The summed E-state index contributed by atoms with van der Waals surface area (Å²) in [4.78, 5) is 29.5. The first-order valence-electron chi connectivity index (χ1n) is 6.58. The molecule has 0 radical (unpaired) electrons. The fraction of sp³-hybridized carbons (Fsp3) is 0.154. The van der Waals surface area contributed by atoms with Crippen molar-refractivity contribution in [1.29, 1.82) is 0 Å². The van der Waals surface area contributed by atoms with Gasteiger partial charge in [-0.05, 0) is 24.6 Å². The van der Waals surface area contributed by atoms with Gasteiger partial charge in [-0.3, -0.25) is 9.59 Å². The Morgan fingerprint density at radius 2 is 2.08 bits per heavy atom. The van der Waals surface area contributed by atoms with Crippen molar-refractivity contribution in [3.63, 3.8) is 0 Å². The molecule has 2 rings (SSSR count). The van der Waals surface area contributed by atoms with Crippen LogP contribution in [0.5, 0.6) is 0 Å². The van der Waals surface area contributed by atoms with Gasteiger partial charge in [0.1, 0.15) is 5.82 Å². The average Bonchev–Trinajstić information content (AvgIpc) is 2.45. The monoisotopic (exact) mass is 369 g/mol. The van der Waals surface area contributed by atoms with E-state index in [0.717, 1.165) is 17.8 Å². The van der Waals surface area contributed by atoms with Crippen molar-refractivity contribution in [3.8, 4) is 0 Å². The number of hydrogen-bond donors (Lipinski definition) is 4. The number of aryl methyl sites for hydroxylation is 1. The number of amides is 1. The Kier molecular flexibility index (Phi) is 5.26. The number of sulfonamides is 1. The number of anilines is 2. The number of nitrogen functional groups attached to an aromatic ring is 1. The number of rotatable bonds is 5. The molecule has 0 bridgehead atoms. The summed E-state index contributed by atoms with van der Waals surface area (Å²) in [5.74, 6) is -0.399. The van der Waals surface area contributed by atoms with Gasteiger partial charge in [-0.15, -0.1) is 0 Å². The molecule has 1 aromatic carbocycles. The highest BCUT2D eigenvalue weighted by Crippen LogP contribution is 2.20. The van der Waals surface area contributed by atoms with Crippen LogP contribution < -0.4 is 21.7 Å². The van der Waals surface area contributed by atoms with Gasteiger partial charge in [0.2, 0.25) is 15.9 Å². The Morgan fingerprint density at radius 1 is 1.38 bits per heavy atom. The summed E-state index contributed by atoms with van der Waals surface area (Å²) < 4.78 is 22.7. The van der Waals surface area contributed by atoms with Gasteiger partial charge in [0, 0.05) is 11.8 Å². The molecule has 1 amide bonds. The van der Waals surface area contributed by atoms with E-state index in [-0.39, 0.29) is 21.6 Å².